The number of para-hydroxylation sites is 1. The Morgan fingerprint density at radius 3 is 2.56 bits per heavy atom. The largest absolute Gasteiger partial charge is 0.463 e. The number of esters is 1. The summed E-state index contributed by atoms with van der Waals surface area (Å²) in [6, 6.07) is 11.3. The van der Waals surface area contributed by atoms with E-state index < -0.39 is 11.5 Å². The van der Waals surface area contributed by atoms with Gasteiger partial charge in [-0.1, -0.05) is 31.5 Å². The fourth-order valence-corrected chi connectivity index (χ4v) is 1.74. The molecule has 1 aromatic rings. The molecule has 1 N–H and O–H groups in total. The summed E-state index contributed by atoms with van der Waals surface area (Å²) in [7, 11) is 0. The van der Waals surface area contributed by atoms with Crippen molar-refractivity contribution in [1.82, 2.24) is 0 Å². The summed E-state index contributed by atoms with van der Waals surface area (Å²) >= 11 is 0. The summed E-state index contributed by atoms with van der Waals surface area (Å²) in [6.45, 7) is 3.93. The number of carbonyl (C=O) groups excluding carboxylic acids is 1. The van der Waals surface area contributed by atoms with Gasteiger partial charge < -0.3 is 10.1 Å². The van der Waals surface area contributed by atoms with Gasteiger partial charge in [-0.2, -0.15) is 5.26 Å². The van der Waals surface area contributed by atoms with Crippen molar-refractivity contribution in [1.29, 1.82) is 5.26 Å². The predicted molar refractivity (Wildman–Crippen MR) is 69.9 cm³/mol. The van der Waals surface area contributed by atoms with E-state index in [2.05, 4.69) is 11.4 Å². The highest BCUT2D eigenvalue weighted by Crippen LogP contribution is 2.21. The molecule has 0 heterocycles. The van der Waals surface area contributed by atoms with Crippen LogP contribution in [0, 0.1) is 11.3 Å². The van der Waals surface area contributed by atoms with Crippen molar-refractivity contribution >= 4 is 11.7 Å². The van der Waals surface area contributed by atoms with Gasteiger partial charge in [0.1, 0.15) is 6.07 Å². The summed E-state index contributed by atoms with van der Waals surface area (Å²) in [5.41, 5.74) is -0.563. The zero-order valence-corrected chi connectivity index (χ0v) is 10.8. The summed E-state index contributed by atoms with van der Waals surface area (Å²) in [5.74, 6) is -0.516. The molecule has 1 rings (SSSR count). The second kappa shape index (κ2) is 6.65. The van der Waals surface area contributed by atoms with Gasteiger partial charge in [0, 0.05) is 5.69 Å². The number of hydrogen-bond donors (Lipinski definition) is 1. The number of ether oxygens (including phenoxy) is 1. The third kappa shape index (κ3) is 3.24. The maximum atomic E-state index is 12.0. The zero-order chi connectivity index (χ0) is 13.4. The average molecular weight is 246 g/mol. The number of rotatable bonds is 6. The second-order valence-corrected chi connectivity index (χ2v) is 3.98. The summed E-state index contributed by atoms with van der Waals surface area (Å²) < 4.78 is 5.00. The van der Waals surface area contributed by atoms with Crippen molar-refractivity contribution in [2.24, 2.45) is 0 Å². The van der Waals surface area contributed by atoms with E-state index in [4.69, 9.17) is 4.74 Å². The standard InChI is InChI=1S/C14H18N2O2/c1-3-10-14(11-15,13(17)18-4-2)16-12-8-6-5-7-9-12/h5-9,16H,3-4,10H2,1-2H3. The first-order valence-electron chi connectivity index (χ1n) is 6.10. The van der Waals surface area contributed by atoms with Crippen LogP contribution in [-0.2, 0) is 9.53 Å². The fraction of sp³-hybridized carbons (Fsp3) is 0.429. The molecular weight excluding hydrogens is 228 g/mol. The van der Waals surface area contributed by atoms with Gasteiger partial charge in [-0.3, -0.25) is 0 Å². The molecule has 4 heteroatoms. The maximum absolute atomic E-state index is 12.0. The van der Waals surface area contributed by atoms with Crippen molar-refractivity contribution in [2.45, 2.75) is 32.2 Å². The molecule has 0 saturated carbocycles. The minimum absolute atomic E-state index is 0.266. The van der Waals surface area contributed by atoms with Crippen LogP contribution in [0.1, 0.15) is 26.7 Å². The Morgan fingerprint density at radius 1 is 1.39 bits per heavy atom. The average Bonchev–Trinajstić information content (AvgIpc) is 2.39. The van der Waals surface area contributed by atoms with Gasteiger partial charge in [0.25, 0.3) is 0 Å². The fourth-order valence-electron chi connectivity index (χ4n) is 1.74. The van der Waals surface area contributed by atoms with Crippen LogP contribution in [-0.4, -0.2) is 18.1 Å². The van der Waals surface area contributed by atoms with Crippen LogP contribution in [0.5, 0.6) is 0 Å². The summed E-state index contributed by atoms with van der Waals surface area (Å²) in [6.07, 6.45) is 1.13. The van der Waals surface area contributed by atoms with Crippen LogP contribution in [0.2, 0.25) is 0 Å². The minimum Gasteiger partial charge on any atom is -0.463 e. The number of anilines is 1. The normalized spacial score (nSPS) is 13.2. The van der Waals surface area contributed by atoms with Crippen molar-refractivity contribution in [3.05, 3.63) is 30.3 Å². The van der Waals surface area contributed by atoms with E-state index in [0.29, 0.717) is 12.8 Å². The van der Waals surface area contributed by atoms with Gasteiger partial charge in [-0.15, -0.1) is 0 Å². The molecule has 1 unspecified atom stereocenters. The first-order chi connectivity index (χ1) is 8.68. The molecule has 0 aliphatic carbocycles. The molecule has 0 aliphatic rings. The lowest BCUT2D eigenvalue weighted by Crippen LogP contribution is -2.46. The molecule has 0 radical (unpaired) electrons. The van der Waals surface area contributed by atoms with Gasteiger partial charge in [-0.05, 0) is 25.5 Å². The van der Waals surface area contributed by atoms with Crippen LogP contribution < -0.4 is 5.32 Å². The Labute approximate surface area is 108 Å². The molecular formula is C14H18N2O2. The molecule has 0 saturated heterocycles. The molecule has 0 bridgehead atoms. The van der Waals surface area contributed by atoms with Gasteiger partial charge in [0.15, 0.2) is 0 Å². The van der Waals surface area contributed by atoms with Crippen LogP contribution in [0.4, 0.5) is 5.69 Å². The number of nitrogens with zero attached hydrogens (tertiary/aromatic N) is 1. The molecule has 0 spiro atoms. The van der Waals surface area contributed by atoms with Crippen LogP contribution in [0.15, 0.2) is 30.3 Å². The molecule has 1 aromatic carbocycles. The van der Waals surface area contributed by atoms with Crippen LogP contribution >= 0.6 is 0 Å². The highest BCUT2D eigenvalue weighted by molar-refractivity contribution is 5.88. The molecule has 18 heavy (non-hydrogen) atoms. The monoisotopic (exact) mass is 246 g/mol. The van der Waals surface area contributed by atoms with E-state index in [0.717, 1.165) is 5.69 Å². The van der Waals surface area contributed by atoms with Crippen LogP contribution in [0.25, 0.3) is 0 Å². The lowest BCUT2D eigenvalue weighted by molar-refractivity contribution is -0.146. The van der Waals surface area contributed by atoms with Crippen molar-refractivity contribution < 1.29 is 9.53 Å². The highest BCUT2D eigenvalue weighted by Gasteiger charge is 2.39. The molecule has 0 aliphatic heterocycles. The van der Waals surface area contributed by atoms with Crippen molar-refractivity contribution in [3.63, 3.8) is 0 Å². The second-order valence-electron chi connectivity index (χ2n) is 3.98. The Bertz CT molecular complexity index is 425. The minimum atomic E-state index is -1.30. The molecule has 4 nitrogen and oxygen atoms in total. The Kier molecular flexibility index (Phi) is 5.19. The summed E-state index contributed by atoms with van der Waals surface area (Å²) in [5, 5.41) is 12.3. The van der Waals surface area contributed by atoms with E-state index in [-0.39, 0.29) is 6.61 Å². The zero-order valence-electron chi connectivity index (χ0n) is 10.8. The van der Waals surface area contributed by atoms with E-state index in [1.54, 1.807) is 6.92 Å². The third-order valence-corrected chi connectivity index (χ3v) is 2.57. The molecule has 96 valence electrons. The summed E-state index contributed by atoms with van der Waals surface area (Å²) in [4.78, 5) is 12.0. The third-order valence-electron chi connectivity index (χ3n) is 2.57. The number of nitrogens with one attached hydrogen (secondary N) is 1. The van der Waals surface area contributed by atoms with Gasteiger partial charge in [0.2, 0.25) is 5.54 Å². The Hall–Kier alpha value is -2.02. The predicted octanol–water partition coefficient (Wildman–Crippen LogP) is 2.72. The topological polar surface area (TPSA) is 62.1 Å². The lowest BCUT2D eigenvalue weighted by Gasteiger charge is -2.26. The van der Waals surface area contributed by atoms with Crippen molar-refractivity contribution in [3.8, 4) is 6.07 Å². The Morgan fingerprint density at radius 2 is 2.06 bits per heavy atom. The quantitative estimate of drug-likeness (QED) is 0.784. The number of benzene rings is 1. The van der Waals surface area contributed by atoms with Gasteiger partial charge in [-0.25, -0.2) is 4.79 Å². The molecule has 0 amide bonds. The number of hydrogen-bond acceptors (Lipinski definition) is 4. The first kappa shape index (κ1) is 14.0. The molecule has 0 aromatic heterocycles. The molecule has 1 atom stereocenters. The van der Waals surface area contributed by atoms with E-state index >= 15 is 0 Å². The first-order valence-corrected chi connectivity index (χ1v) is 6.10. The molecule has 0 fully saturated rings. The highest BCUT2D eigenvalue weighted by atomic mass is 16.5. The van der Waals surface area contributed by atoms with E-state index in [9.17, 15) is 10.1 Å². The maximum Gasteiger partial charge on any atom is 0.346 e. The smallest absolute Gasteiger partial charge is 0.346 e. The van der Waals surface area contributed by atoms with Crippen LogP contribution in [0.3, 0.4) is 0 Å². The Balaban J connectivity index is 2.97. The van der Waals surface area contributed by atoms with Gasteiger partial charge in [0.05, 0.1) is 6.61 Å². The van der Waals surface area contributed by atoms with Crippen molar-refractivity contribution in [2.75, 3.05) is 11.9 Å². The number of nitriles is 1. The lowest BCUT2D eigenvalue weighted by atomic mass is 9.95. The van der Waals surface area contributed by atoms with E-state index in [1.165, 1.54) is 0 Å². The number of carbonyl (C=O) groups is 1. The SMILES string of the molecule is CCCC(C#N)(Nc1ccccc1)C(=O)OCC. The van der Waals surface area contributed by atoms with Gasteiger partial charge >= 0.3 is 5.97 Å². The van der Waals surface area contributed by atoms with E-state index in [1.807, 2.05) is 37.3 Å².